The number of pyridine rings is 1. The number of hydrogen-bond donors (Lipinski definition) is 2. The minimum absolute atomic E-state index is 0.0505. The minimum atomic E-state index is -0.0765. The SMILES string of the molecule is Cc1nc2c(-c3cnn(-c4ccc(CO)cn4)c3)c[nH]n2c(=O)c1C(C)C. The van der Waals surface area contributed by atoms with Gasteiger partial charge in [0.1, 0.15) is 0 Å². The zero-order valence-corrected chi connectivity index (χ0v) is 15.3. The van der Waals surface area contributed by atoms with Gasteiger partial charge < -0.3 is 5.11 Å². The highest BCUT2D eigenvalue weighted by molar-refractivity contribution is 5.76. The largest absolute Gasteiger partial charge is 0.392 e. The zero-order chi connectivity index (χ0) is 19.1. The maximum absolute atomic E-state index is 12.8. The highest BCUT2D eigenvalue weighted by Crippen LogP contribution is 2.24. The molecule has 0 aromatic carbocycles. The minimum Gasteiger partial charge on any atom is -0.392 e. The third-order valence-electron chi connectivity index (χ3n) is 4.58. The van der Waals surface area contributed by atoms with Gasteiger partial charge in [-0.1, -0.05) is 19.9 Å². The van der Waals surface area contributed by atoms with Crippen LogP contribution in [-0.4, -0.2) is 34.5 Å². The van der Waals surface area contributed by atoms with Crippen molar-refractivity contribution in [3.63, 3.8) is 0 Å². The molecule has 0 saturated heterocycles. The van der Waals surface area contributed by atoms with E-state index in [0.29, 0.717) is 17.0 Å². The van der Waals surface area contributed by atoms with Crippen molar-refractivity contribution in [2.24, 2.45) is 0 Å². The first-order valence-electron chi connectivity index (χ1n) is 8.71. The van der Waals surface area contributed by atoms with Gasteiger partial charge >= 0.3 is 0 Å². The topological polar surface area (TPSA) is 101 Å². The molecular formula is C19H20N6O2. The van der Waals surface area contributed by atoms with Crippen LogP contribution >= 0.6 is 0 Å². The smallest absolute Gasteiger partial charge is 0.276 e. The van der Waals surface area contributed by atoms with Gasteiger partial charge in [0.15, 0.2) is 11.5 Å². The van der Waals surface area contributed by atoms with Gasteiger partial charge in [-0.05, 0) is 24.5 Å². The van der Waals surface area contributed by atoms with E-state index in [2.05, 4.69) is 20.2 Å². The second-order valence-corrected chi connectivity index (χ2v) is 6.77. The van der Waals surface area contributed by atoms with E-state index in [9.17, 15) is 4.79 Å². The fraction of sp³-hybridized carbons (Fsp3) is 0.263. The third kappa shape index (κ3) is 2.83. The Morgan fingerprint density at radius 2 is 2.07 bits per heavy atom. The summed E-state index contributed by atoms with van der Waals surface area (Å²) in [6, 6.07) is 3.59. The summed E-state index contributed by atoms with van der Waals surface area (Å²) < 4.78 is 3.12. The van der Waals surface area contributed by atoms with Crippen molar-refractivity contribution >= 4 is 5.65 Å². The van der Waals surface area contributed by atoms with Gasteiger partial charge in [-0.3, -0.25) is 9.89 Å². The van der Waals surface area contributed by atoms with Crippen molar-refractivity contribution < 1.29 is 5.11 Å². The second kappa shape index (κ2) is 6.48. The number of aliphatic hydroxyl groups excluding tert-OH is 1. The van der Waals surface area contributed by atoms with E-state index >= 15 is 0 Å². The Bertz CT molecular complexity index is 1170. The molecule has 0 radical (unpaired) electrons. The van der Waals surface area contributed by atoms with Crippen molar-refractivity contribution in [1.82, 2.24) is 29.4 Å². The van der Waals surface area contributed by atoms with Crippen LogP contribution in [0.4, 0.5) is 0 Å². The molecule has 0 amide bonds. The number of H-pyrrole nitrogens is 1. The molecule has 0 atom stereocenters. The van der Waals surface area contributed by atoms with E-state index in [1.54, 1.807) is 35.4 Å². The summed E-state index contributed by atoms with van der Waals surface area (Å²) in [5, 5.41) is 16.5. The van der Waals surface area contributed by atoms with Crippen molar-refractivity contribution in [1.29, 1.82) is 0 Å². The third-order valence-corrected chi connectivity index (χ3v) is 4.58. The van der Waals surface area contributed by atoms with Gasteiger partial charge in [-0.15, -0.1) is 0 Å². The van der Waals surface area contributed by atoms with E-state index in [-0.39, 0.29) is 18.1 Å². The van der Waals surface area contributed by atoms with Gasteiger partial charge in [0.25, 0.3) is 5.56 Å². The Morgan fingerprint density at radius 3 is 2.74 bits per heavy atom. The Hall–Kier alpha value is -3.26. The molecule has 0 spiro atoms. The lowest BCUT2D eigenvalue weighted by Gasteiger charge is -2.08. The molecule has 27 heavy (non-hydrogen) atoms. The molecule has 0 aliphatic carbocycles. The maximum Gasteiger partial charge on any atom is 0.276 e. The Labute approximate surface area is 155 Å². The van der Waals surface area contributed by atoms with Crippen LogP contribution in [-0.2, 0) is 6.61 Å². The van der Waals surface area contributed by atoms with Gasteiger partial charge in [0.2, 0.25) is 0 Å². The predicted octanol–water partition coefficient (Wildman–Crippen LogP) is 2.19. The second-order valence-electron chi connectivity index (χ2n) is 6.77. The summed E-state index contributed by atoms with van der Waals surface area (Å²) >= 11 is 0. The fourth-order valence-corrected chi connectivity index (χ4v) is 3.24. The van der Waals surface area contributed by atoms with Gasteiger partial charge in [-0.2, -0.15) is 5.10 Å². The first-order chi connectivity index (χ1) is 13.0. The molecule has 8 heteroatoms. The van der Waals surface area contributed by atoms with E-state index in [0.717, 1.165) is 22.4 Å². The molecule has 0 aliphatic rings. The van der Waals surface area contributed by atoms with E-state index in [1.165, 1.54) is 4.52 Å². The Kier molecular flexibility index (Phi) is 4.12. The molecule has 0 unspecified atom stereocenters. The van der Waals surface area contributed by atoms with Crippen molar-refractivity contribution in [3.8, 4) is 16.9 Å². The lowest BCUT2D eigenvalue weighted by molar-refractivity contribution is 0.281. The molecule has 4 heterocycles. The monoisotopic (exact) mass is 364 g/mol. The molecule has 0 bridgehead atoms. The van der Waals surface area contributed by atoms with Crippen LogP contribution in [0.1, 0.15) is 36.6 Å². The van der Waals surface area contributed by atoms with Gasteiger partial charge in [0, 0.05) is 41.0 Å². The van der Waals surface area contributed by atoms with Crippen LogP contribution in [0, 0.1) is 6.92 Å². The molecule has 0 saturated carbocycles. The molecule has 0 fully saturated rings. The van der Waals surface area contributed by atoms with E-state index in [4.69, 9.17) is 5.11 Å². The standard InChI is InChI=1S/C19H20N6O2/c1-11(2)17-12(3)23-18-15(8-22-25(18)19(17)27)14-7-21-24(9-14)16-5-4-13(10-26)6-20-16/h4-9,11,22,26H,10H2,1-3H3. The van der Waals surface area contributed by atoms with Crippen LogP contribution in [0.2, 0.25) is 0 Å². The summed E-state index contributed by atoms with van der Waals surface area (Å²) in [7, 11) is 0. The number of rotatable bonds is 4. The van der Waals surface area contributed by atoms with Crippen LogP contribution in [0.3, 0.4) is 0 Å². The van der Waals surface area contributed by atoms with Gasteiger partial charge in [0.05, 0.1) is 12.8 Å². The summed E-state index contributed by atoms with van der Waals surface area (Å²) in [6.07, 6.45) is 6.92. The number of hydrogen-bond acceptors (Lipinski definition) is 5. The van der Waals surface area contributed by atoms with Crippen molar-refractivity contribution in [3.05, 3.63) is 64.1 Å². The normalized spacial score (nSPS) is 11.6. The summed E-state index contributed by atoms with van der Waals surface area (Å²) in [5.74, 6) is 0.742. The molecule has 138 valence electrons. The Morgan fingerprint density at radius 1 is 1.26 bits per heavy atom. The van der Waals surface area contributed by atoms with E-state index < -0.39 is 0 Å². The number of aryl methyl sites for hydroxylation is 1. The highest BCUT2D eigenvalue weighted by atomic mass is 16.3. The molecule has 4 aromatic rings. The number of aliphatic hydroxyl groups is 1. The molecule has 4 aromatic heterocycles. The van der Waals surface area contributed by atoms with Crippen LogP contribution in [0.5, 0.6) is 0 Å². The first kappa shape index (κ1) is 17.2. The summed E-state index contributed by atoms with van der Waals surface area (Å²) in [4.78, 5) is 21.7. The number of nitrogens with zero attached hydrogens (tertiary/aromatic N) is 5. The number of aromatic amines is 1. The van der Waals surface area contributed by atoms with Crippen LogP contribution < -0.4 is 5.56 Å². The quantitative estimate of drug-likeness (QED) is 0.578. The van der Waals surface area contributed by atoms with Crippen molar-refractivity contribution in [2.45, 2.75) is 33.3 Å². The molecule has 4 rings (SSSR count). The number of nitrogens with one attached hydrogen (secondary N) is 1. The average Bonchev–Trinajstić information content (AvgIpc) is 3.28. The maximum atomic E-state index is 12.8. The number of aromatic nitrogens is 6. The molecule has 2 N–H and O–H groups in total. The Balaban J connectivity index is 1.79. The van der Waals surface area contributed by atoms with Crippen LogP contribution in [0.15, 0.2) is 41.7 Å². The zero-order valence-electron chi connectivity index (χ0n) is 15.3. The van der Waals surface area contributed by atoms with Gasteiger partial charge in [-0.25, -0.2) is 19.2 Å². The van der Waals surface area contributed by atoms with Crippen molar-refractivity contribution in [2.75, 3.05) is 0 Å². The summed E-state index contributed by atoms with van der Waals surface area (Å²) in [6.45, 7) is 5.79. The number of fused-ring (bicyclic) bond motifs is 1. The molecule has 0 aliphatic heterocycles. The average molecular weight is 364 g/mol. The lowest BCUT2D eigenvalue weighted by atomic mass is 10.0. The molecular weight excluding hydrogens is 344 g/mol. The first-order valence-corrected chi connectivity index (χ1v) is 8.71. The predicted molar refractivity (Wildman–Crippen MR) is 101 cm³/mol. The van der Waals surface area contributed by atoms with E-state index in [1.807, 2.05) is 27.0 Å². The lowest BCUT2D eigenvalue weighted by Crippen LogP contribution is -2.22. The highest BCUT2D eigenvalue weighted by Gasteiger charge is 2.17. The molecule has 8 nitrogen and oxygen atoms in total. The fourth-order valence-electron chi connectivity index (χ4n) is 3.24. The summed E-state index contributed by atoms with van der Waals surface area (Å²) in [5.41, 5.74) is 4.31. The van der Waals surface area contributed by atoms with Crippen LogP contribution in [0.25, 0.3) is 22.6 Å².